The molecular weight excluding hydrogens is 344 g/mol. The first kappa shape index (κ1) is 25.3. The van der Waals surface area contributed by atoms with Crippen LogP contribution in [-0.4, -0.2) is 100 Å². The van der Waals surface area contributed by atoms with Crippen molar-refractivity contribution < 1.29 is 37.9 Å². The second-order valence-electron chi connectivity index (χ2n) is 5.09. The van der Waals surface area contributed by atoms with E-state index in [1.165, 1.54) is 0 Å². The van der Waals surface area contributed by atoms with Crippen molar-refractivity contribution in [2.75, 3.05) is 100 Å². The summed E-state index contributed by atoms with van der Waals surface area (Å²) in [5, 5.41) is 0. The van der Waals surface area contributed by atoms with E-state index in [0.29, 0.717) is 85.9 Å². The van der Waals surface area contributed by atoms with E-state index in [0.717, 1.165) is 5.76 Å². The van der Waals surface area contributed by atoms with Crippen molar-refractivity contribution in [2.45, 2.75) is 6.92 Å². The minimum absolute atomic E-state index is 0.421. The maximum atomic E-state index is 5.60. The molecule has 0 aliphatic rings. The molecule has 0 radical (unpaired) electrons. The summed E-state index contributed by atoms with van der Waals surface area (Å²) >= 11 is 0. The molecule has 0 saturated carbocycles. The smallest absolute Gasteiger partial charge is 0.117 e. The van der Waals surface area contributed by atoms with Crippen LogP contribution in [0.1, 0.15) is 6.92 Å². The molecule has 26 heavy (non-hydrogen) atoms. The Morgan fingerprint density at radius 1 is 0.538 bits per heavy atom. The lowest BCUT2D eigenvalue weighted by atomic mass is 10.5. The predicted octanol–water partition coefficient (Wildman–Crippen LogP) is 1.28. The van der Waals surface area contributed by atoms with Crippen molar-refractivity contribution in [1.82, 2.24) is 0 Å². The van der Waals surface area contributed by atoms with E-state index in [2.05, 4.69) is 0 Å². The molecular formula is C18H36O8. The molecule has 0 aromatic carbocycles. The normalized spacial score (nSPS) is 11.9. The maximum Gasteiger partial charge on any atom is 0.117 e. The zero-order chi connectivity index (χ0) is 19.1. The highest BCUT2D eigenvalue weighted by Crippen LogP contribution is 1.98. The van der Waals surface area contributed by atoms with Crippen LogP contribution in [0.4, 0.5) is 0 Å². The largest absolute Gasteiger partial charge is 0.493 e. The van der Waals surface area contributed by atoms with Crippen LogP contribution in [0.15, 0.2) is 11.8 Å². The van der Waals surface area contributed by atoms with E-state index in [9.17, 15) is 0 Å². The van der Waals surface area contributed by atoms with Gasteiger partial charge in [-0.05, 0) is 13.0 Å². The van der Waals surface area contributed by atoms with E-state index < -0.39 is 0 Å². The summed E-state index contributed by atoms with van der Waals surface area (Å²) in [7, 11) is 3.29. The van der Waals surface area contributed by atoms with Crippen molar-refractivity contribution in [3.63, 3.8) is 0 Å². The average Bonchev–Trinajstić information content (AvgIpc) is 2.66. The molecule has 0 saturated heterocycles. The molecule has 0 aliphatic heterocycles. The summed E-state index contributed by atoms with van der Waals surface area (Å²) in [6, 6.07) is 0. The Morgan fingerprint density at radius 2 is 0.923 bits per heavy atom. The lowest BCUT2D eigenvalue weighted by molar-refractivity contribution is -0.00465. The monoisotopic (exact) mass is 380 g/mol. The van der Waals surface area contributed by atoms with Gasteiger partial charge >= 0.3 is 0 Å². The van der Waals surface area contributed by atoms with Crippen molar-refractivity contribution in [1.29, 1.82) is 0 Å². The highest BCUT2D eigenvalue weighted by molar-refractivity contribution is 4.90. The molecule has 8 nitrogen and oxygen atoms in total. The Kier molecular flexibility index (Phi) is 21.7. The molecule has 0 fully saturated rings. The first-order valence-corrected chi connectivity index (χ1v) is 8.99. The van der Waals surface area contributed by atoms with Crippen LogP contribution in [0.5, 0.6) is 0 Å². The fourth-order valence-electron chi connectivity index (χ4n) is 1.66. The molecule has 0 aromatic heterocycles. The van der Waals surface area contributed by atoms with Gasteiger partial charge in [-0.15, -0.1) is 0 Å². The molecule has 8 heteroatoms. The van der Waals surface area contributed by atoms with Gasteiger partial charge < -0.3 is 37.9 Å². The van der Waals surface area contributed by atoms with E-state index in [1.807, 2.05) is 13.0 Å². The zero-order valence-corrected chi connectivity index (χ0v) is 16.5. The Hall–Kier alpha value is -0.740. The molecule has 156 valence electrons. The fraction of sp³-hybridized carbons (Fsp3) is 0.889. The van der Waals surface area contributed by atoms with E-state index in [-0.39, 0.29) is 0 Å². The van der Waals surface area contributed by atoms with Crippen LogP contribution in [0.2, 0.25) is 0 Å². The summed E-state index contributed by atoms with van der Waals surface area (Å²) in [5.74, 6) is 0.785. The Balaban J connectivity index is 3.31. The van der Waals surface area contributed by atoms with Crippen LogP contribution in [0.25, 0.3) is 0 Å². The Labute approximate surface area is 157 Å². The highest BCUT2D eigenvalue weighted by atomic mass is 16.6. The highest BCUT2D eigenvalue weighted by Gasteiger charge is 1.99. The number of hydrogen-bond acceptors (Lipinski definition) is 8. The van der Waals surface area contributed by atoms with Gasteiger partial charge in [-0.1, -0.05) is 0 Å². The zero-order valence-electron chi connectivity index (χ0n) is 16.5. The standard InChI is InChI=1S/C18H36O8/c1-4-18(26-16-15-24-12-10-22-8-6-20-3)17-25-14-13-23-11-9-21-7-5-19-2/h4H,5-17H2,1-3H3. The van der Waals surface area contributed by atoms with Crippen molar-refractivity contribution in [3.05, 3.63) is 11.8 Å². The van der Waals surface area contributed by atoms with Gasteiger partial charge in [0.15, 0.2) is 0 Å². The van der Waals surface area contributed by atoms with Gasteiger partial charge in [-0.2, -0.15) is 0 Å². The van der Waals surface area contributed by atoms with Gasteiger partial charge in [0, 0.05) is 14.2 Å². The minimum atomic E-state index is 0.421. The summed E-state index contributed by atoms with van der Waals surface area (Å²) in [6.07, 6.45) is 1.89. The van der Waals surface area contributed by atoms with Crippen LogP contribution in [-0.2, 0) is 37.9 Å². The maximum absolute atomic E-state index is 5.60. The molecule has 0 unspecified atom stereocenters. The summed E-state index contributed by atoms with van der Waals surface area (Å²) in [5.41, 5.74) is 0. The molecule has 0 aliphatic carbocycles. The molecule has 0 atom stereocenters. The van der Waals surface area contributed by atoms with E-state index in [1.54, 1.807) is 14.2 Å². The lowest BCUT2D eigenvalue weighted by Gasteiger charge is -2.11. The van der Waals surface area contributed by atoms with E-state index in [4.69, 9.17) is 37.9 Å². The van der Waals surface area contributed by atoms with Crippen molar-refractivity contribution in [2.24, 2.45) is 0 Å². The van der Waals surface area contributed by atoms with Crippen LogP contribution < -0.4 is 0 Å². The van der Waals surface area contributed by atoms with Gasteiger partial charge in [0.1, 0.15) is 19.0 Å². The Bertz CT molecular complexity index is 299. The number of methoxy groups -OCH3 is 2. The third kappa shape index (κ3) is 19.6. The van der Waals surface area contributed by atoms with Crippen LogP contribution in [0, 0.1) is 0 Å². The third-order valence-corrected chi connectivity index (χ3v) is 3.06. The number of allylic oxidation sites excluding steroid dienone is 1. The molecule has 0 heterocycles. The first-order chi connectivity index (χ1) is 12.8. The molecule has 0 N–H and O–H groups in total. The molecule has 0 rings (SSSR count). The second kappa shape index (κ2) is 22.3. The molecule has 0 amide bonds. The average molecular weight is 380 g/mol. The third-order valence-electron chi connectivity index (χ3n) is 3.06. The summed E-state index contributed by atoms with van der Waals surface area (Å²) in [6.45, 7) is 8.94. The van der Waals surface area contributed by atoms with Gasteiger partial charge in [0.05, 0.1) is 72.7 Å². The minimum Gasteiger partial charge on any atom is -0.493 e. The van der Waals surface area contributed by atoms with E-state index >= 15 is 0 Å². The number of rotatable bonds is 21. The quantitative estimate of drug-likeness (QED) is 0.218. The molecule has 0 aromatic rings. The van der Waals surface area contributed by atoms with Gasteiger partial charge in [0.2, 0.25) is 0 Å². The first-order valence-electron chi connectivity index (χ1n) is 8.99. The molecule has 0 bridgehead atoms. The second-order valence-corrected chi connectivity index (χ2v) is 5.09. The van der Waals surface area contributed by atoms with Crippen LogP contribution in [0.3, 0.4) is 0 Å². The van der Waals surface area contributed by atoms with Crippen molar-refractivity contribution in [3.8, 4) is 0 Å². The molecule has 0 spiro atoms. The van der Waals surface area contributed by atoms with Gasteiger partial charge in [-0.3, -0.25) is 0 Å². The predicted molar refractivity (Wildman–Crippen MR) is 97.6 cm³/mol. The van der Waals surface area contributed by atoms with Crippen LogP contribution >= 0.6 is 0 Å². The van der Waals surface area contributed by atoms with Gasteiger partial charge in [-0.25, -0.2) is 0 Å². The topological polar surface area (TPSA) is 73.8 Å². The SMILES string of the molecule is CC=C(COCCOCCOCCOC)OCCOCCOCCOC. The number of ether oxygens (including phenoxy) is 8. The summed E-state index contributed by atoms with van der Waals surface area (Å²) in [4.78, 5) is 0. The fourth-order valence-corrected chi connectivity index (χ4v) is 1.66. The van der Waals surface area contributed by atoms with Gasteiger partial charge in [0.25, 0.3) is 0 Å². The summed E-state index contributed by atoms with van der Waals surface area (Å²) < 4.78 is 42.3. The van der Waals surface area contributed by atoms with Crippen molar-refractivity contribution >= 4 is 0 Å². The Morgan fingerprint density at radius 3 is 1.35 bits per heavy atom. The number of hydrogen-bond donors (Lipinski definition) is 0. The lowest BCUT2D eigenvalue weighted by Crippen LogP contribution is -2.14.